The maximum absolute atomic E-state index is 13.0. The largest absolute Gasteiger partial charge is 0.335 e. The van der Waals surface area contributed by atoms with Crippen molar-refractivity contribution in [1.82, 2.24) is 9.80 Å². The quantitative estimate of drug-likeness (QED) is 0.756. The Bertz CT molecular complexity index is 589. The Balaban J connectivity index is 2.09. The van der Waals surface area contributed by atoms with Crippen molar-refractivity contribution in [1.29, 1.82) is 0 Å². The second-order valence-electron chi connectivity index (χ2n) is 4.55. The van der Waals surface area contributed by atoms with Crippen LogP contribution in [-0.4, -0.2) is 54.1 Å². The Labute approximate surface area is 113 Å². The Hall–Kier alpha value is -2.31. The SMILES string of the molecule is CN1CC(=O)N(CC(=O)c2ccc(F)c(F)c2)CC1=O. The summed E-state index contributed by atoms with van der Waals surface area (Å²) in [4.78, 5) is 37.4. The molecule has 106 valence electrons. The van der Waals surface area contributed by atoms with E-state index in [1.165, 1.54) is 11.9 Å². The minimum Gasteiger partial charge on any atom is -0.335 e. The van der Waals surface area contributed by atoms with Crippen molar-refractivity contribution in [2.24, 2.45) is 0 Å². The van der Waals surface area contributed by atoms with Gasteiger partial charge in [-0.25, -0.2) is 8.78 Å². The lowest BCUT2D eigenvalue weighted by Gasteiger charge is -2.31. The van der Waals surface area contributed by atoms with Crippen LogP contribution in [0, 0.1) is 11.6 Å². The number of amides is 2. The van der Waals surface area contributed by atoms with Crippen LogP contribution >= 0.6 is 0 Å². The summed E-state index contributed by atoms with van der Waals surface area (Å²) in [5, 5.41) is 0. The van der Waals surface area contributed by atoms with Crippen LogP contribution in [0.5, 0.6) is 0 Å². The number of hydrogen-bond acceptors (Lipinski definition) is 3. The van der Waals surface area contributed by atoms with Crippen molar-refractivity contribution in [2.75, 3.05) is 26.7 Å². The number of Topliss-reactive ketones (excluding diaryl/α,β-unsaturated/α-hetero) is 1. The number of hydrogen-bond donors (Lipinski definition) is 0. The van der Waals surface area contributed by atoms with Crippen LogP contribution in [0.4, 0.5) is 8.78 Å². The summed E-state index contributed by atoms with van der Waals surface area (Å²) < 4.78 is 25.8. The average molecular weight is 282 g/mol. The van der Waals surface area contributed by atoms with Crippen LogP contribution in [0.2, 0.25) is 0 Å². The lowest BCUT2D eigenvalue weighted by Crippen LogP contribution is -2.53. The Morgan fingerprint density at radius 3 is 2.50 bits per heavy atom. The fraction of sp³-hybridized carbons (Fsp3) is 0.308. The lowest BCUT2D eigenvalue weighted by atomic mass is 10.1. The predicted octanol–water partition coefficient (Wildman–Crippen LogP) is 0.448. The first-order valence-corrected chi connectivity index (χ1v) is 5.88. The van der Waals surface area contributed by atoms with Crippen molar-refractivity contribution in [2.45, 2.75) is 0 Å². The number of rotatable bonds is 3. The maximum atomic E-state index is 13.0. The van der Waals surface area contributed by atoms with E-state index in [4.69, 9.17) is 0 Å². The highest BCUT2D eigenvalue weighted by Gasteiger charge is 2.29. The van der Waals surface area contributed by atoms with Gasteiger partial charge >= 0.3 is 0 Å². The van der Waals surface area contributed by atoms with Gasteiger partial charge in [0.05, 0.1) is 13.1 Å². The summed E-state index contributed by atoms with van der Waals surface area (Å²) in [7, 11) is 1.49. The van der Waals surface area contributed by atoms with E-state index in [2.05, 4.69) is 0 Å². The van der Waals surface area contributed by atoms with E-state index in [-0.39, 0.29) is 37.0 Å². The summed E-state index contributed by atoms with van der Waals surface area (Å²) >= 11 is 0. The number of nitrogens with zero attached hydrogens (tertiary/aromatic N) is 2. The number of halogens is 2. The molecule has 20 heavy (non-hydrogen) atoms. The summed E-state index contributed by atoms with van der Waals surface area (Å²) in [5.74, 6) is -3.36. The lowest BCUT2D eigenvalue weighted by molar-refractivity contribution is -0.148. The van der Waals surface area contributed by atoms with Crippen molar-refractivity contribution < 1.29 is 23.2 Å². The minimum atomic E-state index is -1.13. The number of carbonyl (C=O) groups is 3. The molecule has 0 unspecified atom stereocenters. The third-order valence-corrected chi connectivity index (χ3v) is 3.05. The van der Waals surface area contributed by atoms with E-state index in [0.29, 0.717) is 0 Å². The molecule has 0 aliphatic carbocycles. The van der Waals surface area contributed by atoms with Crippen LogP contribution < -0.4 is 0 Å². The molecular formula is C13H12F2N2O3. The van der Waals surface area contributed by atoms with E-state index in [9.17, 15) is 23.2 Å². The van der Waals surface area contributed by atoms with E-state index in [0.717, 1.165) is 23.1 Å². The van der Waals surface area contributed by atoms with Crippen molar-refractivity contribution in [3.05, 3.63) is 35.4 Å². The van der Waals surface area contributed by atoms with E-state index >= 15 is 0 Å². The van der Waals surface area contributed by atoms with Gasteiger partial charge in [-0.15, -0.1) is 0 Å². The van der Waals surface area contributed by atoms with Crippen LogP contribution in [-0.2, 0) is 9.59 Å². The van der Waals surface area contributed by atoms with Gasteiger partial charge in [-0.1, -0.05) is 0 Å². The summed E-state index contributed by atoms with van der Waals surface area (Å²) in [6.07, 6.45) is 0. The molecule has 2 amide bonds. The van der Waals surface area contributed by atoms with Crippen LogP contribution in [0.25, 0.3) is 0 Å². The number of carbonyl (C=O) groups excluding carboxylic acids is 3. The van der Waals surface area contributed by atoms with Gasteiger partial charge in [-0.3, -0.25) is 14.4 Å². The van der Waals surface area contributed by atoms with Crippen molar-refractivity contribution >= 4 is 17.6 Å². The zero-order chi connectivity index (χ0) is 14.9. The van der Waals surface area contributed by atoms with Gasteiger partial charge in [0.1, 0.15) is 6.54 Å². The predicted molar refractivity (Wildman–Crippen MR) is 64.9 cm³/mol. The topological polar surface area (TPSA) is 57.7 Å². The standard InChI is InChI=1S/C13H12F2N2O3/c1-16-6-13(20)17(7-12(16)19)5-11(18)8-2-3-9(14)10(15)4-8/h2-4H,5-7H2,1H3. The van der Waals surface area contributed by atoms with E-state index in [1.54, 1.807) is 0 Å². The minimum absolute atomic E-state index is 0.0388. The fourth-order valence-corrected chi connectivity index (χ4v) is 1.84. The third kappa shape index (κ3) is 2.81. The molecule has 0 bridgehead atoms. The number of benzene rings is 1. The first kappa shape index (κ1) is 14.1. The molecule has 0 saturated carbocycles. The fourth-order valence-electron chi connectivity index (χ4n) is 1.84. The molecule has 7 heteroatoms. The normalized spacial score (nSPS) is 15.8. The zero-order valence-corrected chi connectivity index (χ0v) is 10.7. The highest BCUT2D eigenvalue weighted by Crippen LogP contribution is 2.11. The zero-order valence-electron chi connectivity index (χ0n) is 10.7. The van der Waals surface area contributed by atoms with Gasteiger partial charge in [-0.05, 0) is 18.2 Å². The molecular weight excluding hydrogens is 270 g/mol. The van der Waals surface area contributed by atoms with E-state index in [1.807, 2.05) is 0 Å². The monoisotopic (exact) mass is 282 g/mol. The van der Waals surface area contributed by atoms with Crippen molar-refractivity contribution in [3.63, 3.8) is 0 Å². The smallest absolute Gasteiger partial charge is 0.243 e. The van der Waals surface area contributed by atoms with Crippen molar-refractivity contribution in [3.8, 4) is 0 Å². The molecule has 1 aliphatic rings. The summed E-state index contributed by atoms with van der Waals surface area (Å²) in [6.45, 7) is -0.613. The Kier molecular flexibility index (Phi) is 3.78. The molecule has 1 aromatic rings. The van der Waals surface area contributed by atoms with Gasteiger partial charge in [0.15, 0.2) is 17.4 Å². The highest BCUT2D eigenvalue weighted by atomic mass is 19.2. The molecule has 0 spiro atoms. The molecule has 1 heterocycles. The average Bonchev–Trinajstić information content (AvgIpc) is 2.39. The first-order chi connectivity index (χ1) is 9.38. The molecule has 0 radical (unpaired) electrons. The number of piperazine rings is 1. The summed E-state index contributed by atoms with van der Waals surface area (Å²) in [6, 6.07) is 2.77. The maximum Gasteiger partial charge on any atom is 0.243 e. The Morgan fingerprint density at radius 1 is 1.15 bits per heavy atom. The number of likely N-dealkylation sites (N-methyl/N-ethyl adjacent to an activating group) is 1. The van der Waals surface area contributed by atoms with Crippen LogP contribution in [0.3, 0.4) is 0 Å². The van der Waals surface area contributed by atoms with Gasteiger partial charge in [0.2, 0.25) is 11.8 Å². The van der Waals surface area contributed by atoms with Crippen LogP contribution in [0.15, 0.2) is 18.2 Å². The molecule has 2 rings (SSSR count). The molecule has 0 N–H and O–H groups in total. The van der Waals surface area contributed by atoms with Gasteiger partial charge in [-0.2, -0.15) is 0 Å². The molecule has 5 nitrogen and oxygen atoms in total. The molecule has 1 saturated heterocycles. The molecule has 0 atom stereocenters. The van der Waals surface area contributed by atoms with E-state index < -0.39 is 17.4 Å². The second-order valence-corrected chi connectivity index (χ2v) is 4.55. The third-order valence-electron chi connectivity index (χ3n) is 3.05. The van der Waals surface area contributed by atoms with Gasteiger partial charge in [0, 0.05) is 12.6 Å². The van der Waals surface area contributed by atoms with Gasteiger partial charge < -0.3 is 9.80 Å². The summed E-state index contributed by atoms with van der Waals surface area (Å²) in [5.41, 5.74) is -0.0388. The highest BCUT2D eigenvalue weighted by molar-refractivity contribution is 6.01. The van der Waals surface area contributed by atoms with Gasteiger partial charge in [0.25, 0.3) is 0 Å². The number of ketones is 1. The first-order valence-electron chi connectivity index (χ1n) is 5.88. The molecule has 1 aliphatic heterocycles. The van der Waals surface area contributed by atoms with Crippen LogP contribution in [0.1, 0.15) is 10.4 Å². The second kappa shape index (κ2) is 5.36. The Morgan fingerprint density at radius 2 is 1.85 bits per heavy atom. The molecule has 1 fully saturated rings. The molecule has 0 aromatic heterocycles. The molecule has 1 aromatic carbocycles.